The van der Waals surface area contributed by atoms with Crippen LogP contribution in [0.1, 0.15) is 41.8 Å². The third kappa shape index (κ3) is 5.32. The summed E-state index contributed by atoms with van der Waals surface area (Å²) in [6.45, 7) is 5.17. The van der Waals surface area contributed by atoms with Crippen LogP contribution < -0.4 is 0 Å². The van der Waals surface area contributed by atoms with Crippen LogP contribution in [0.15, 0.2) is 33.7 Å². The lowest BCUT2D eigenvalue weighted by atomic mass is 9.99. The van der Waals surface area contributed by atoms with Gasteiger partial charge < -0.3 is 14.2 Å². The van der Waals surface area contributed by atoms with Gasteiger partial charge in [-0.3, -0.25) is 4.79 Å². The number of hydrogen-bond donors (Lipinski definition) is 0. The third-order valence-electron chi connectivity index (χ3n) is 4.49. The zero-order valence-electron chi connectivity index (χ0n) is 15.5. The van der Waals surface area contributed by atoms with Crippen LogP contribution >= 0.6 is 11.8 Å². The number of piperidine rings is 1. The van der Waals surface area contributed by atoms with Crippen molar-refractivity contribution in [3.8, 4) is 0 Å². The highest BCUT2D eigenvalue weighted by Crippen LogP contribution is 2.26. The molecule has 0 saturated carbocycles. The molecule has 1 aromatic heterocycles. The number of thioether (sulfide) groups is 1. The van der Waals surface area contributed by atoms with Crippen LogP contribution in [-0.4, -0.2) is 46.6 Å². The molecule has 0 unspecified atom stereocenters. The largest absolute Gasteiger partial charge is 0.452 e. The molecular weight excluding hydrogens is 366 g/mol. The van der Waals surface area contributed by atoms with E-state index in [1.807, 2.05) is 12.1 Å². The van der Waals surface area contributed by atoms with E-state index < -0.39 is 5.97 Å². The predicted octanol–water partition coefficient (Wildman–Crippen LogP) is 3.09. The minimum absolute atomic E-state index is 0.137. The first kappa shape index (κ1) is 19.4. The van der Waals surface area contributed by atoms with Crippen LogP contribution in [-0.2, 0) is 15.3 Å². The molecule has 0 radical (unpaired) electrons. The zero-order valence-corrected chi connectivity index (χ0v) is 16.3. The average molecular weight is 389 g/mol. The fourth-order valence-corrected chi connectivity index (χ4v) is 3.73. The van der Waals surface area contributed by atoms with Gasteiger partial charge in [-0.25, -0.2) is 4.79 Å². The van der Waals surface area contributed by atoms with E-state index in [0.717, 1.165) is 30.8 Å². The van der Waals surface area contributed by atoms with Gasteiger partial charge in [0.1, 0.15) is 0 Å². The SMILES string of the molecule is Cc1noc(CSc2ccccc2C(=O)OCC(=O)N2CCC(C)CC2)n1. The van der Waals surface area contributed by atoms with Crippen molar-refractivity contribution in [2.75, 3.05) is 19.7 Å². The molecular formula is C19H23N3O4S. The van der Waals surface area contributed by atoms with Gasteiger partial charge in [0, 0.05) is 18.0 Å². The zero-order chi connectivity index (χ0) is 19.2. The minimum Gasteiger partial charge on any atom is -0.452 e. The van der Waals surface area contributed by atoms with E-state index in [9.17, 15) is 9.59 Å². The number of benzene rings is 1. The van der Waals surface area contributed by atoms with Crippen molar-refractivity contribution in [3.05, 3.63) is 41.5 Å². The lowest BCUT2D eigenvalue weighted by molar-refractivity contribution is -0.135. The molecule has 1 fully saturated rings. The molecule has 7 nitrogen and oxygen atoms in total. The summed E-state index contributed by atoms with van der Waals surface area (Å²) in [4.78, 5) is 31.4. The quantitative estimate of drug-likeness (QED) is 0.554. The highest BCUT2D eigenvalue weighted by Gasteiger charge is 2.22. The van der Waals surface area contributed by atoms with Gasteiger partial charge in [0.15, 0.2) is 12.4 Å². The molecule has 1 amide bonds. The van der Waals surface area contributed by atoms with Crippen LogP contribution in [0, 0.1) is 12.8 Å². The first-order chi connectivity index (χ1) is 13.0. The fourth-order valence-electron chi connectivity index (χ4n) is 2.85. The summed E-state index contributed by atoms with van der Waals surface area (Å²) in [5.74, 6) is 1.53. The molecule has 0 N–H and O–H groups in total. The standard InChI is InChI=1S/C19H23N3O4S/c1-13-7-9-22(10-8-13)18(23)11-25-19(24)15-5-3-4-6-16(15)27-12-17-20-14(2)21-26-17/h3-6,13H,7-12H2,1-2H3. The Morgan fingerprint density at radius 3 is 2.74 bits per heavy atom. The van der Waals surface area contributed by atoms with Crippen molar-refractivity contribution in [2.24, 2.45) is 5.92 Å². The molecule has 1 aliphatic heterocycles. The first-order valence-electron chi connectivity index (χ1n) is 8.99. The number of carbonyl (C=O) groups excluding carboxylic acids is 2. The van der Waals surface area contributed by atoms with Gasteiger partial charge in [-0.2, -0.15) is 4.98 Å². The molecule has 2 heterocycles. The Labute approximate surface area is 162 Å². The molecule has 1 saturated heterocycles. The van der Waals surface area contributed by atoms with Crippen molar-refractivity contribution in [1.82, 2.24) is 15.0 Å². The van der Waals surface area contributed by atoms with Gasteiger partial charge in [0.05, 0.1) is 11.3 Å². The van der Waals surface area contributed by atoms with E-state index in [4.69, 9.17) is 9.26 Å². The molecule has 2 aromatic rings. The number of hydrogen-bond acceptors (Lipinski definition) is 7. The van der Waals surface area contributed by atoms with E-state index in [-0.39, 0.29) is 12.5 Å². The number of nitrogens with zero attached hydrogens (tertiary/aromatic N) is 3. The number of amides is 1. The fraction of sp³-hybridized carbons (Fsp3) is 0.474. The molecule has 0 bridgehead atoms. The number of ether oxygens (including phenoxy) is 1. The second-order valence-corrected chi connectivity index (χ2v) is 7.68. The Kier molecular flexibility index (Phi) is 6.49. The molecule has 0 spiro atoms. The van der Waals surface area contributed by atoms with E-state index in [1.54, 1.807) is 24.0 Å². The minimum atomic E-state index is -0.501. The molecule has 1 aromatic carbocycles. The third-order valence-corrected chi connectivity index (χ3v) is 5.55. The molecule has 0 atom stereocenters. The molecule has 3 rings (SSSR count). The van der Waals surface area contributed by atoms with Gasteiger partial charge in [-0.05, 0) is 37.8 Å². The lowest BCUT2D eigenvalue weighted by Crippen LogP contribution is -2.40. The van der Waals surface area contributed by atoms with Crippen LogP contribution in [0.2, 0.25) is 0 Å². The summed E-state index contributed by atoms with van der Waals surface area (Å²) in [5, 5.41) is 3.75. The Bertz CT molecular complexity index is 800. The summed E-state index contributed by atoms with van der Waals surface area (Å²) in [6.07, 6.45) is 1.99. The second kappa shape index (κ2) is 9.03. The summed E-state index contributed by atoms with van der Waals surface area (Å²) >= 11 is 1.41. The maximum atomic E-state index is 12.5. The number of aromatic nitrogens is 2. The summed E-state index contributed by atoms with van der Waals surface area (Å²) in [6, 6.07) is 7.14. The van der Waals surface area contributed by atoms with Crippen molar-refractivity contribution < 1.29 is 18.8 Å². The number of likely N-dealkylation sites (tertiary alicyclic amines) is 1. The maximum Gasteiger partial charge on any atom is 0.339 e. The van der Waals surface area contributed by atoms with Crippen molar-refractivity contribution in [3.63, 3.8) is 0 Å². The Morgan fingerprint density at radius 2 is 2.04 bits per heavy atom. The number of rotatable bonds is 6. The smallest absolute Gasteiger partial charge is 0.339 e. The van der Waals surface area contributed by atoms with Gasteiger partial charge >= 0.3 is 5.97 Å². The monoisotopic (exact) mass is 389 g/mol. The van der Waals surface area contributed by atoms with Crippen molar-refractivity contribution >= 4 is 23.6 Å². The van der Waals surface area contributed by atoms with E-state index in [0.29, 0.717) is 28.9 Å². The van der Waals surface area contributed by atoms with Crippen LogP contribution in [0.5, 0.6) is 0 Å². The van der Waals surface area contributed by atoms with Crippen LogP contribution in [0.3, 0.4) is 0 Å². The second-order valence-electron chi connectivity index (χ2n) is 6.66. The average Bonchev–Trinajstić information content (AvgIpc) is 3.10. The van der Waals surface area contributed by atoms with E-state index in [1.165, 1.54) is 11.8 Å². The van der Waals surface area contributed by atoms with Crippen LogP contribution in [0.25, 0.3) is 0 Å². The van der Waals surface area contributed by atoms with Gasteiger partial charge in [0.25, 0.3) is 5.91 Å². The molecule has 1 aliphatic rings. The van der Waals surface area contributed by atoms with Gasteiger partial charge in [-0.1, -0.05) is 24.2 Å². The molecule has 144 valence electrons. The maximum absolute atomic E-state index is 12.5. The summed E-state index contributed by atoms with van der Waals surface area (Å²) < 4.78 is 10.4. The van der Waals surface area contributed by atoms with Crippen molar-refractivity contribution in [2.45, 2.75) is 37.3 Å². The Hall–Kier alpha value is -2.35. The topological polar surface area (TPSA) is 85.5 Å². The molecule has 0 aliphatic carbocycles. The highest BCUT2D eigenvalue weighted by atomic mass is 32.2. The number of aryl methyl sites for hydroxylation is 1. The first-order valence-corrected chi connectivity index (χ1v) is 9.97. The number of carbonyl (C=O) groups is 2. The Morgan fingerprint density at radius 1 is 1.30 bits per heavy atom. The van der Waals surface area contributed by atoms with Gasteiger partial charge in [0.2, 0.25) is 5.89 Å². The van der Waals surface area contributed by atoms with Crippen molar-refractivity contribution in [1.29, 1.82) is 0 Å². The van der Waals surface area contributed by atoms with Gasteiger partial charge in [-0.15, -0.1) is 11.8 Å². The summed E-state index contributed by atoms with van der Waals surface area (Å²) in [5.41, 5.74) is 0.429. The lowest BCUT2D eigenvalue weighted by Gasteiger charge is -2.30. The predicted molar refractivity (Wildman–Crippen MR) is 100 cm³/mol. The highest BCUT2D eigenvalue weighted by molar-refractivity contribution is 7.98. The van der Waals surface area contributed by atoms with E-state index in [2.05, 4.69) is 17.1 Å². The normalized spacial score (nSPS) is 15.0. The van der Waals surface area contributed by atoms with E-state index >= 15 is 0 Å². The molecule has 27 heavy (non-hydrogen) atoms. The Balaban J connectivity index is 1.55. The van der Waals surface area contributed by atoms with Crippen LogP contribution in [0.4, 0.5) is 0 Å². The number of esters is 1. The molecule has 8 heteroatoms. The summed E-state index contributed by atoms with van der Waals surface area (Å²) in [7, 11) is 0.